The molecular formula is C16H26N6O5. The minimum atomic E-state index is -1.30. The topological polar surface area (TPSA) is 193 Å². The summed E-state index contributed by atoms with van der Waals surface area (Å²) in [7, 11) is 0. The second-order valence-electron chi connectivity index (χ2n) is 6.52. The van der Waals surface area contributed by atoms with Crippen LogP contribution in [0, 0.1) is 5.92 Å². The van der Waals surface area contributed by atoms with Gasteiger partial charge >= 0.3 is 5.97 Å². The van der Waals surface area contributed by atoms with Crippen molar-refractivity contribution in [2.24, 2.45) is 17.4 Å². The molecule has 27 heavy (non-hydrogen) atoms. The summed E-state index contributed by atoms with van der Waals surface area (Å²) in [4.78, 5) is 53.5. The number of nitrogens with two attached hydrogens (primary N) is 2. The van der Waals surface area contributed by atoms with Crippen LogP contribution < -0.4 is 22.1 Å². The van der Waals surface area contributed by atoms with Crippen LogP contribution >= 0.6 is 0 Å². The first kappa shape index (κ1) is 22.1. The van der Waals surface area contributed by atoms with Crippen molar-refractivity contribution in [3.8, 4) is 0 Å². The molecule has 1 aromatic heterocycles. The average Bonchev–Trinajstić information content (AvgIpc) is 3.07. The summed E-state index contributed by atoms with van der Waals surface area (Å²) in [6.45, 7) is 3.40. The molecule has 1 heterocycles. The Bertz CT molecular complexity index is 660. The van der Waals surface area contributed by atoms with Crippen molar-refractivity contribution in [2.45, 2.75) is 51.2 Å². The van der Waals surface area contributed by atoms with Gasteiger partial charge in [-0.2, -0.15) is 0 Å². The number of rotatable bonds is 11. The SMILES string of the molecule is CC(C)C(NC(=O)C(N)Cc1cnc[nH]1)C(=O)NC(CCC(N)=O)C(=O)O. The number of amides is 3. The number of nitrogens with zero attached hydrogens (tertiary/aromatic N) is 1. The normalized spacial score (nSPS) is 14.2. The van der Waals surface area contributed by atoms with Crippen LogP contribution in [0.25, 0.3) is 0 Å². The summed E-state index contributed by atoms with van der Waals surface area (Å²) in [5.74, 6) is -3.52. The number of carboxylic acids is 1. The van der Waals surface area contributed by atoms with Crippen LogP contribution in [-0.2, 0) is 25.6 Å². The van der Waals surface area contributed by atoms with Crippen molar-refractivity contribution in [1.29, 1.82) is 0 Å². The minimum Gasteiger partial charge on any atom is -0.480 e. The van der Waals surface area contributed by atoms with E-state index in [1.165, 1.54) is 12.5 Å². The third-order valence-electron chi connectivity index (χ3n) is 3.87. The summed E-state index contributed by atoms with van der Waals surface area (Å²) >= 11 is 0. The summed E-state index contributed by atoms with van der Waals surface area (Å²) in [5.41, 5.74) is 11.5. The number of aliphatic carboxylic acids is 1. The van der Waals surface area contributed by atoms with E-state index in [-0.39, 0.29) is 25.2 Å². The van der Waals surface area contributed by atoms with Gasteiger partial charge in [0.2, 0.25) is 17.7 Å². The molecule has 1 rings (SSSR count). The fourth-order valence-electron chi connectivity index (χ4n) is 2.33. The number of hydrogen-bond acceptors (Lipinski definition) is 6. The fourth-order valence-corrected chi connectivity index (χ4v) is 2.33. The molecule has 11 nitrogen and oxygen atoms in total. The fraction of sp³-hybridized carbons (Fsp3) is 0.562. The molecule has 3 amide bonds. The lowest BCUT2D eigenvalue weighted by atomic mass is 10.0. The van der Waals surface area contributed by atoms with E-state index in [9.17, 15) is 24.3 Å². The van der Waals surface area contributed by atoms with Crippen molar-refractivity contribution < 1.29 is 24.3 Å². The van der Waals surface area contributed by atoms with E-state index in [2.05, 4.69) is 20.6 Å². The largest absolute Gasteiger partial charge is 0.480 e. The first-order chi connectivity index (χ1) is 12.6. The summed E-state index contributed by atoms with van der Waals surface area (Å²) in [6.07, 6.45) is 2.87. The molecule has 0 radical (unpaired) electrons. The van der Waals surface area contributed by atoms with Gasteiger partial charge in [-0.1, -0.05) is 13.8 Å². The molecule has 11 heteroatoms. The van der Waals surface area contributed by atoms with E-state index < -0.39 is 41.8 Å². The van der Waals surface area contributed by atoms with Crippen LogP contribution in [-0.4, -0.2) is 56.9 Å². The van der Waals surface area contributed by atoms with Crippen LogP contribution in [0.3, 0.4) is 0 Å². The Morgan fingerprint density at radius 2 is 1.89 bits per heavy atom. The third kappa shape index (κ3) is 7.44. The quantitative estimate of drug-likeness (QED) is 0.261. The number of H-pyrrole nitrogens is 1. The second kappa shape index (κ2) is 10.3. The van der Waals surface area contributed by atoms with Gasteiger partial charge in [-0.3, -0.25) is 14.4 Å². The lowest BCUT2D eigenvalue weighted by molar-refractivity contribution is -0.142. The van der Waals surface area contributed by atoms with Crippen LogP contribution in [0.1, 0.15) is 32.4 Å². The molecule has 0 fully saturated rings. The Hall–Kier alpha value is -2.95. The van der Waals surface area contributed by atoms with E-state index in [1.807, 2.05) is 0 Å². The smallest absolute Gasteiger partial charge is 0.326 e. The molecule has 0 saturated heterocycles. The number of carbonyl (C=O) groups excluding carboxylic acids is 3. The zero-order chi connectivity index (χ0) is 20.6. The maximum absolute atomic E-state index is 12.5. The Kier molecular flexibility index (Phi) is 8.39. The highest BCUT2D eigenvalue weighted by molar-refractivity contribution is 5.92. The van der Waals surface area contributed by atoms with Crippen molar-refractivity contribution in [3.05, 3.63) is 18.2 Å². The molecule has 3 unspecified atom stereocenters. The first-order valence-corrected chi connectivity index (χ1v) is 8.46. The monoisotopic (exact) mass is 382 g/mol. The lowest BCUT2D eigenvalue weighted by Crippen LogP contribution is -2.56. The highest BCUT2D eigenvalue weighted by atomic mass is 16.4. The molecule has 0 aliphatic carbocycles. The molecule has 3 atom stereocenters. The van der Waals surface area contributed by atoms with E-state index in [0.29, 0.717) is 5.69 Å². The molecule has 0 aliphatic heterocycles. The Balaban J connectivity index is 2.71. The van der Waals surface area contributed by atoms with Crippen molar-refractivity contribution >= 4 is 23.7 Å². The van der Waals surface area contributed by atoms with Crippen molar-refractivity contribution in [1.82, 2.24) is 20.6 Å². The molecule has 150 valence electrons. The zero-order valence-electron chi connectivity index (χ0n) is 15.3. The summed E-state index contributed by atoms with van der Waals surface area (Å²) in [6, 6.07) is -3.19. The van der Waals surface area contributed by atoms with Gasteiger partial charge in [-0.05, 0) is 12.3 Å². The third-order valence-corrected chi connectivity index (χ3v) is 3.87. The number of carboxylic acid groups (broad SMARTS) is 1. The van der Waals surface area contributed by atoms with Gasteiger partial charge in [0, 0.05) is 24.7 Å². The van der Waals surface area contributed by atoms with Gasteiger partial charge in [0.25, 0.3) is 0 Å². The molecule has 0 aliphatic rings. The molecule has 0 aromatic carbocycles. The van der Waals surface area contributed by atoms with Crippen molar-refractivity contribution in [2.75, 3.05) is 0 Å². The number of carbonyl (C=O) groups is 4. The molecule has 0 saturated carbocycles. The van der Waals surface area contributed by atoms with Gasteiger partial charge in [0.15, 0.2) is 0 Å². The van der Waals surface area contributed by atoms with Crippen LogP contribution in [0.15, 0.2) is 12.5 Å². The number of aromatic amines is 1. The van der Waals surface area contributed by atoms with Gasteiger partial charge in [-0.15, -0.1) is 0 Å². The van der Waals surface area contributed by atoms with Gasteiger partial charge in [0.1, 0.15) is 12.1 Å². The van der Waals surface area contributed by atoms with Crippen LogP contribution in [0.5, 0.6) is 0 Å². The molecule has 1 aromatic rings. The maximum Gasteiger partial charge on any atom is 0.326 e. The number of hydrogen-bond donors (Lipinski definition) is 6. The molecule has 8 N–H and O–H groups in total. The standard InChI is InChI=1S/C16H26N6O5/c1-8(2)13(15(25)21-11(16(26)27)3-4-12(18)23)22-14(24)10(17)5-9-6-19-7-20-9/h6-8,10-11,13H,3-5,17H2,1-2H3,(H2,18,23)(H,19,20)(H,21,25)(H,22,24)(H,26,27). The summed E-state index contributed by atoms with van der Waals surface area (Å²) in [5, 5.41) is 14.1. The van der Waals surface area contributed by atoms with E-state index in [0.717, 1.165) is 0 Å². The predicted octanol–water partition coefficient (Wildman–Crippen LogP) is -1.74. The summed E-state index contributed by atoms with van der Waals surface area (Å²) < 4.78 is 0. The van der Waals surface area contributed by atoms with E-state index in [4.69, 9.17) is 11.5 Å². The molecular weight excluding hydrogens is 356 g/mol. The zero-order valence-corrected chi connectivity index (χ0v) is 15.3. The molecule has 0 spiro atoms. The number of aromatic nitrogens is 2. The number of primary amides is 1. The Morgan fingerprint density at radius 1 is 1.22 bits per heavy atom. The van der Waals surface area contributed by atoms with Gasteiger partial charge in [0.05, 0.1) is 12.4 Å². The predicted molar refractivity (Wildman–Crippen MR) is 95.0 cm³/mol. The highest BCUT2D eigenvalue weighted by Gasteiger charge is 2.30. The first-order valence-electron chi connectivity index (χ1n) is 8.46. The lowest BCUT2D eigenvalue weighted by Gasteiger charge is -2.25. The van der Waals surface area contributed by atoms with E-state index in [1.54, 1.807) is 13.8 Å². The van der Waals surface area contributed by atoms with Crippen molar-refractivity contribution in [3.63, 3.8) is 0 Å². The Morgan fingerprint density at radius 3 is 2.37 bits per heavy atom. The highest BCUT2D eigenvalue weighted by Crippen LogP contribution is 2.06. The number of nitrogens with one attached hydrogen (secondary N) is 3. The van der Waals surface area contributed by atoms with Crippen LogP contribution in [0.4, 0.5) is 0 Å². The molecule has 0 bridgehead atoms. The number of imidazole rings is 1. The van der Waals surface area contributed by atoms with Gasteiger partial charge in [-0.25, -0.2) is 9.78 Å². The van der Waals surface area contributed by atoms with Crippen LogP contribution in [0.2, 0.25) is 0 Å². The second-order valence-corrected chi connectivity index (χ2v) is 6.52. The van der Waals surface area contributed by atoms with E-state index >= 15 is 0 Å². The average molecular weight is 382 g/mol. The minimum absolute atomic E-state index is 0.144. The van der Waals surface area contributed by atoms with Gasteiger partial charge < -0.3 is 32.2 Å². The Labute approximate surface area is 156 Å². The maximum atomic E-state index is 12.5.